The molecule has 7 heteroatoms. The molecular weight excluding hydrogens is 283 g/mol. The van der Waals surface area contributed by atoms with E-state index in [1.54, 1.807) is 18.2 Å². The van der Waals surface area contributed by atoms with Gasteiger partial charge >= 0.3 is 6.18 Å². The van der Waals surface area contributed by atoms with E-state index >= 15 is 0 Å². The monoisotopic (exact) mass is 297 g/mol. The zero-order valence-electron chi connectivity index (χ0n) is 11.5. The molecule has 21 heavy (non-hydrogen) atoms. The molecule has 0 bridgehead atoms. The van der Waals surface area contributed by atoms with Crippen molar-refractivity contribution in [3.05, 3.63) is 47.3 Å². The van der Waals surface area contributed by atoms with Crippen LogP contribution in [-0.2, 0) is 19.6 Å². The lowest BCUT2D eigenvalue weighted by atomic mass is 10.1. The average Bonchev–Trinajstić information content (AvgIpc) is 2.81. The van der Waals surface area contributed by atoms with E-state index in [2.05, 4.69) is 10.4 Å². The van der Waals surface area contributed by atoms with Gasteiger partial charge < -0.3 is 5.32 Å². The lowest BCUT2D eigenvalue weighted by Crippen LogP contribution is -2.18. The van der Waals surface area contributed by atoms with Crippen molar-refractivity contribution in [3.8, 4) is 0 Å². The number of para-hydroxylation sites is 1. The van der Waals surface area contributed by atoms with Gasteiger partial charge in [-0.2, -0.15) is 18.3 Å². The summed E-state index contributed by atoms with van der Waals surface area (Å²) in [6.07, 6.45) is -2.94. The second kappa shape index (κ2) is 5.59. The number of rotatable bonds is 3. The van der Waals surface area contributed by atoms with Crippen LogP contribution in [0.1, 0.15) is 28.5 Å². The van der Waals surface area contributed by atoms with E-state index in [4.69, 9.17) is 0 Å². The van der Waals surface area contributed by atoms with Gasteiger partial charge in [-0.1, -0.05) is 25.1 Å². The molecule has 4 nitrogen and oxygen atoms in total. The molecule has 1 aromatic heterocycles. The maximum absolute atomic E-state index is 12.9. The van der Waals surface area contributed by atoms with Crippen molar-refractivity contribution in [1.29, 1.82) is 0 Å². The number of benzene rings is 1. The number of halogens is 3. The molecule has 0 aliphatic rings. The molecule has 1 heterocycles. The van der Waals surface area contributed by atoms with Gasteiger partial charge in [-0.25, -0.2) is 0 Å². The Morgan fingerprint density at radius 3 is 2.62 bits per heavy atom. The summed E-state index contributed by atoms with van der Waals surface area (Å²) in [4.78, 5) is 12.1. The third-order valence-electron chi connectivity index (χ3n) is 2.99. The van der Waals surface area contributed by atoms with Gasteiger partial charge in [0.05, 0.1) is 5.56 Å². The first kappa shape index (κ1) is 15.1. The fourth-order valence-corrected chi connectivity index (χ4v) is 2.00. The molecule has 0 radical (unpaired) electrons. The van der Waals surface area contributed by atoms with Crippen LogP contribution in [0.3, 0.4) is 0 Å². The van der Waals surface area contributed by atoms with Crippen LogP contribution in [-0.4, -0.2) is 15.7 Å². The minimum atomic E-state index is -4.67. The van der Waals surface area contributed by atoms with Gasteiger partial charge in [-0.05, 0) is 18.1 Å². The molecule has 1 amide bonds. The van der Waals surface area contributed by atoms with Crippen molar-refractivity contribution in [2.75, 3.05) is 5.32 Å². The van der Waals surface area contributed by atoms with Crippen LogP contribution in [0.15, 0.2) is 30.5 Å². The molecular formula is C14H14F3N3O. The molecule has 1 N–H and O–H groups in total. The first-order valence-electron chi connectivity index (χ1n) is 6.33. The number of anilines is 1. The predicted molar refractivity (Wildman–Crippen MR) is 72.0 cm³/mol. The molecule has 1 aromatic carbocycles. The van der Waals surface area contributed by atoms with E-state index in [0.29, 0.717) is 12.1 Å². The highest BCUT2D eigenvalue weighted by Crippen LogP contribution is 2.31. The van der Waals surface area contributed by atoms with Crippen molar-refractivity contribution < 1.29 is 18.0 Å². The van der Waals surface area contributed by atoms with Gasteiger partial charge in [0, 0.05) is 18.9 Å². The van der Waals surface area contributed by atoms with Crippen molar-refractivity contribution >= 4 is 11.6 Å². The summed E-state index contributed by atoms with van der Waals surface area (Å²) in [7, 11) is 1.34. The minimum Gasteiger partial charge on any atom is -0.322 e. The Balaban J connectivity index is 2.33. The first-order chi connectivity index (χ1) is 9.82. The van der Waals surface area contributed by atoms with Crippen LogP contribution >= 0.6 is 0 Å². The van der Waals surface area contributed by atoms with Crippen LogP contribution in [0.2, 0.25) is 0 Å². The second-order valence-corrected chi connectivity index (χ2v) is 4.53. The van der Waals surface area contributed by atoms with Gasteiger partial charge in [-0.15, -0.1) is 0 Å². The van der Waals surface area contributed by atoms with Gasteiger partial charge in [0.2, 0.25) is 0 Å². The van der Waals surface area contributed by atoms with Crippen molar-refractivity contribution in [2.45, 2.75) is 19.5 Å². The van der Waals surface area contributed by atoms with E-state index in [0.717, 1.165) is 16.4 Å². The van der Waals surface area contributed by atoms with Crippen molar-refractivity contribution in [1.82, 2.24) is 9.78 Å². The highest BCUT2D eigenvalue weighted by Gasteiger charge is 2.39. The Bertz CT molecular complexity index is 662. The van der Waals surface area contributed by atoms with Gasteiger partial charge in [0.15, 0.2) is 5.69 Å². The Morgan fingerprint density at radius 2 is 2.00 bits per heavy atom. The lowest BCUT2D eigenvalue weighted by molar-refractivity contribution is -0.141. The minimum absolute atomic E-state index is 0.490. The zero-order chi connectivity index (χ0) is 15.6. The molecule has 2 aromatic rings. The zero-order valence-corrected chi connectivity index (χ0v) is 11.5. The average molecular weight is 297 g/mol. The molecule has 112 valence electrons. The molecule has 0 spiro atoms. The van der Waals surface area contributed by atoms with Crippen molar-refractivity contribution in [2.24, 2.45) is 7.05 Å². The number of aryl methyl sites for hydroxylation is 2. The quantitative estimate of drug-likeness (QED) is 0.945. The third kappa shape index (κ3) is 3.24. The number of carbonyl (C=O) groups is 1. The fourth-order valence-electron chi connectivity index (χ4n) is 2.00. The van der Waals surface area contributed by atoms with Gasteiger partial charge in [0.25, 0.3) is 5.91 Å². The largest absolute Gasteiger partial charge is 0.435 e. The number of alkyl halides is 3. The lowest BCUT2D eigenvalue weighted by Gasteiger charge is -2.10. The second-order valence-electron chi connectivity index (χ2n) is 4.53. The van der Waals surface area contributed by atoms with E-state index in [1.165, 1.54) is 7.05 Å². The smallest absolute Gasteiger partial charge is 0.322 e. The number of aromatic nitrogens is 2. The summed E-state index contributed by atoms with van der Waals surface area (Å²) in [5, 5.41) is 5.83. The van der Waals surface area contributed by atoms with E-state index in [1.807, 2.05) is 13.0 Å². The number of hydrogen-bond donors (Lipinski definition) is 1. The maximum Gasteiger partial charge on any atom is 0.435 e. The Kier molecular flexibility index (Phi) is 4.02. The molecule has 0 aliphatic heterocycles. The molecule has 0 saturated carbocycles. The number of nitrogens with zero attached hydrogens (tertiary/aromatic N) is 2. The number of nitrogens with one attached hydrogen (secondary N) is 1. The maximum atomic E-state index is 12.9. The SMILES string of the molecule is CCc1ccccc1NC(=O)c1cn(C)nc1C(F)(F)F. The number of carbonyl (C=O) groups excluding carboxylic acids is 1. The standard InChI is InChI=1S/C14H14F3N3O/c1-3-9-6-4-5-7-11(9)18-13(21)10-8-20(2)19-12(10)14(15,16)17/h4-8H,3H2,1-2H3,(H,18,21). The summed E-state index contributed by atoms with van der Waals surface area (Å²) in [6.45, 7) is 1.90. The van der Waals surface area contributed by atoms with Gasteiger partial charge in [-0.3, -0.25) is 9.48 Å². The van der Waals surface area contributed by atoms with Crippen LogP contribution in [0.4, 0.5) is 18.9 Å². The molecule has 0 aliphatic carbocycles. The normalized spacial score (nSPS) is 11.5. The number of hydrogen-bond acceptors (Lipinski definition) is 2. The van der Waals surface area contributed by atoms with Gasteiger partial charge in [0.1, 0.15) is 0 Å². The highest BCUT2D eigenvalue weighted by molar-refractivity contribution is 6.05. The summed E-state index contributed by atoms with van der Waals surface area (Å²) >= 11 is 0. The fraction of sp³-hybridized carbons (Fsp3) is 0.286. The van der Waals surface area contributed by atoms with Crippen LogP contribution in [0.25, 0.3) is 0 Å². The van der Waals surface area contributed by atoms with Crippen LogP contribution in [0, 0.1) is 0 Å². The Hall–Kier alpha value is -2.31. The van der Waals surface area contributed by atoms with Crippen LogP contribution < -0.4 is 5.32 Å². The summed E-state index contributed by atoms with van der Waals surface area (Å²) in [5.41, 5.74) is -0.322. The molecule has 0 unspecified atom stereocenters. The number of amides is 1. The summed E-state index contributed by atoms with van der Waals surface area (Å²) in [5.74, 6) is -0.823. The Morgan fingerprint density at radius 1 is 1.33 bits per heavy atom. The van der Waals surface area contributed by atoms with Crippen molar-refractivity contribution in [3.63, 3.8) is 0 Å². The topological polar surface area (TPSA) is 46.9 Å². The molecule has 0 saturated heterocycles. The highest BCUT2D eigenvalue weighted by atomic mass is 19.4. The Labute approximate surface area is 119 Å². The summed E-state index contributed by atoms with van der Waals surface area (Å²) in [6, 6.07) is 6.98. The van der Waals surface area contributed by atoms with E-state index in [-0.39, 0.29) is 0 Å². The van der Waals surface area contributed by atoms with E-state index in [9.17, 15) is 18.0 Å². The third-order valence-corrected chi connectivity index (χ3v) is 2.99. The van der Waals surface area contributed by atoms with Crippen LogP contribution in [0.5, 0.6) is 0 Å². The van der Waals surface area contributed by atoms with E-state index < -0.39 is 23.3 Å². The molecule has 0 atom stereocenters. The first-order valence-corrected chi connectivity index (χ1v) is 6.33. The molecule has 0 fully saturated rings. The predicted octanol–water partition coefficient (Wildman–Crippen LogP) is 3.25. The summed E-state index contributed by atoms with van der Waals surface area (Å²) < 4.78 is 39.5. The molecule has 2 rings (SSSR count).